The Morgan fingerprint density at radius 1 is 1.31 bits per heavy atom. The largest absolute Gasteiger partial charge is 0.461 e. The average molecular weight is 497 g/mol. The van der Waals surface area contributed by atoms with E-state index in [1.54, 1.807) is 13.0 Å². The molecule has 0 radical (unpaired) electrons. The third kappa shape index (κ3) is 7.05. The van der Waals surface area contributed by atoms with Gasteiger partial charge in [-0.3, -0.25) is 8.86 Å². The van der Waals surface area contributed by atoms with Crippen molar-refractivity contribution in [2.45, 2.75) is 26.5 Å². The van der Waals surface area contributed by atoms with Gasteiger partial charge in [0.2, 0.25) is 0 Å². The fourth-order valence-electron chi connectivity index (χ4n) is 2.43. The van der Waals surface area contributed by atoms with Gasteiger partial charge in [-0.25, -0.2) is 4.79 Å². The number of carbonyl (C=O) groups is 1. The van der Waals surface area contributed by atoms with E-state index in [1.807, 2.05) is 0 Å². The molecule has 1 aromatic heterocycles. The number of hydrogen-bond acceptors (Lipinski definition) is 7. The molecule has 0 bridgehead atoms. The molecule has 2 rings (SSSR count). The second-order valence-corrected chi connectivity index (χ2v) is 8.32. The molecule has 0 atom stereocenters. The normalized spacial score (nSPS) is 11.7. The number of hydrogen-bond donors (Lipinski definition) is 0. The minimum absolute atomic E-state index is 0.0169. The zero-order valence-electron chi connectivity index (χ0n) is 15.6. The summed E-state index contributed by atoms with van der Waals surface area (Å²) in [7, 11) is -3.59. The van der Waals surface area contributed by atoms with Gasteiger partial charge in [0.1, 0.15) is 5.75 Å². The van der Waals surface area contributed by atoms with Gasteiger partial charge in [-0.15, -0.1) is 0 Å². The summed E-state index contributed by atoms with van der Waals surface area (Å²) in [5, 5.41) is 4.16. The van der Waals surface area contributed by atoms with Gasteiger partial charge in [0.25, 0.3) is 10.1 Å². The molecule has 0 aliphatic rings. The molecule has 0 spiro atoms. The monoisotopic (exact) mass is 496 g/mol. The maximum Gasteiger partial charge on any atom is 0.387 e. The quantitative estimate of drug-likeness (QED) is 0.282. The minimum Gasteiger partial charge on any atom is -0.461 e. The average Bonchev–Trinajstić information content (AvgIpc) is 3.02. The lowest BCUT2D eigenvalue weighted by atomic mass is 10.1. The van der Waals surface area contributed by atoms with E-state index in [0.717, 1.165) is 6.26 Å². The summed E-state index contributed by atoms with van der Waals surface area (Å²) in [4.78, 5) is 12.1. The molecule has 160 valence electrons. The third-order valence-electron chi connectivity index (χ3n) is 3.51. The molecule has 1 aromatic carbocycles. The molecule has 0 saturated carbocycles. The predicted octanol–water partition coefficient (Wildman–Crippen LogP) is 3.46. The molecular weight excluding hydrogens is 478 g/mol. The standard InChI is InChI=1S/C17H19BrF2N2O6S/c1-3-26-16(23)13-10-14(22(21-13)7-4-8-27-29(2,24)25)12-6-5-11(18)9-15(12)28-17(19)20/h5-6,9-10,17H,3-4,7-8H2,1-2H3. The van der Waals surface area contributed by atoms with E-state index >= 15 is 0 Å². The Hall–Kier alpha value is -2.05. The minimum atomic E-state index is -3.59. The Balaban J connectivity index is 2.39. The molecule has 0 amide bonds. The lowest BCUT2D eigenvalue weighted by Crippen LogP contribution is -2.11. The smallest absolute Gasteiger partial charge is 0.387 e. The van der Waals surface area contributed by atoms with E-state index in [2.05, 4.69) is 25.8 Å². The van der Waals surface area contributed by atoms with Crippen LogP contribution in [0.1, 0.15) is 23.8 Å². The first-order valence-corrected chi connectivity index (χ1v) is 11.1. The van der Waals surface area contributed by atoms with Crippen molar-refractivity contribution in [1.82, 2.24) is 9.78 Å². The van der Waals surface area contributed by atoms with Gasteiger partial charge in [-0.05, 0) is 37.6 Å². The second-order valence-electron chi connectivity index (χ2n) is 5.76. The highest BCUT2D eigenvalue weighted by Crippen LogP contribution is 2.34. The highest BCUT2D eigenvalue weighted by molar-refractivity contribution is 9.10. The van der Waals surface area contributed by atoms with Crippen molar-refractivity contribution in [3.8, 4) is 17.0 Å². The van der Waals surface area contributed by atoms with E-state index in [4.69, 9.17) is 8.92 Å². The van der Waals surface area contributed by atoms with Crippen molar-refractivity contribution in [3.05, 3.63) is 34.4 Å². The summed E-state index contributed by atoms with van der Waals surface area (Å²) in [5.74, 6) is -0.786. The first kappa shape index (κ1) is 23.2. The fraction of sp³-hybridized carbons (Fsp3) is 0.412. The SMILES string of the molecule is CCOC(=O)c1cc(-c2ccc(Br)cc2OC(F)F)n(CCCOS(C)(=O)=O)n1. The second kappa shape index (κ2) is 10.1. The Morgan fingerprint density at radius 3 is 2.66 bits per heavy atom. The van der Waals surface area contributed by atoms with Gasteiger partial charge in [-0.2, -0.15) is 22.3 Å². The number of benzene rings is 1. The van der Waals surface area contributed by atoms with Crippen LogP contribution in [0.25, 0.3) is 11.3 Å². The molecule has 0 aliphatic heterocycles. The lowest BCUT2D eigenvalue weighted by Gasteiger charge is -2.13. The van der Waals surface area contributed by atoms with Crippen LogP contribution in [0.5, 0.6) is 5.75 Å². The van der Waals surface area contributed by atoms with Crippen molar-refractivity contribution in [2.75, 3.05) is 19.5 Å². The maximum absolute atomic E-state index is 12.8. The molecule has 8 nitrogen and oxygen atoms in total. The number of rotatable bonds is 10. The first-order valence-electron chi connectivity index (χ1n) is 8.45. The van der Waals surface area contributed by atoms with Crippen LogP contribution in [-0.2, 0) is 25.6 Å². The summed E-state index contributed by atoms with van der Waals surface area (Å²) in [6.45, 7) is -1.21. The molecule has 0 N–H and O–H groups in total. The number of aryl methyl sites for hydroxylation is 1. The van der Waals surface area contributed by atoms with Crippen molar-refractivity contribution in [1.29, 1.82) is 0 Å². The highest BCUT2D eigenvalue weighted by atomic mass is 79.9. The molecule has 1 heterocycles. The van der Waals surface area contributed by atoms with Gasteiger partial charge in [0.15, 0.2) is 5.69 Å². The van der Waals surface area contributed by atoms with Crippen LogP contribution in [0.2, 0.25) is 0 Å². The van der Waals surface area contributed by atoms with E-state index in [9.17, 15) is 22.0 Å². The summed E-state index contributed by atoms with van der Waals surface area (Å²) in [5.41, 5.74) is 0.591. The summed E-state index contributed by atoms with van der Waals surface area (Å²) < 4.78 is 64.0. The summed E-state index contributed by atoms with van der Waals surface area (Å²) >= 11 is 3.20. The molecule has 0 aliphatic carbocycles. The first-order chi connectivity index (χ1) is 13.6. The van der Waals surface area contributed by atoms with Gasteiger partial charge in [-0.1, -0.05) is 15.9 Å². The zero-order chi connectivity index (χ0) is 21.6. The summed E-state index contributed by atoms with van der Waals surface area (Å²) in [6, 6.07) is 5.94. The van der Waals surface area contributed by atoms with Crippen LogP contribution >= 0.6 is 15.9 Å². The predicted molar refractivity (Wildman–Crippen MR) is 103 cm³/mol. The van der Waals surface area contributed by atoms with Crippen LogP contribution in [-0.4, -0.2) is 50.2 Å². The van der Waals surface area contributed by atoms with E-state index < -0.39 is 22.7 Å². The lowest BCUT2D eigenvalue weighted by molar-refractivity contribution is -0.0495. The van der Waals surface area contributed by atoms with Crippen LogP contribution < -0.4 is 4.74 Å². The molecular formula is C17H19BrF2N2O6S. The van der Waals surface area contributed by atoms with E-state index in [0.29, 0.717) is 10.2 Å². The Morgan fingerprint density at radius 2 is 2.03 bits per heavy atom. The van der Waals surface area contributed by atoms with E-state index in [-0.39, 0.29) is 43.2 Å². The topological polar surface area (TPSA) is 96.7 Å². The number of ether oxygens (including phenoxy) is 2. The molecule has 29 heavy (non-hydrogen) atoms. The van der Waals surface area contributed by atoms with Crippen molar-refractivity contribution in [2.24, 2.45) is 0 Å². The maximum atomic E-state index is 12.8. The molecule has 2 aromatic rings. The summed E-state index contributed by atoms with van der Waals surface area (Å²) in [6.07, 6.45) is 1.17. The number of esters is 1. The molecule has 0 unspecified atom stereocenters. The van der Waals surface area contributed by atoms with Gasteiger partial charge >= 0.3 is 12.6 Å². The fourth-order valence-corrected chi connectivity index (χ4v) is 3.20. The van der Waals surface area contributed by atoms with Crippen LogP contribution in [0, 0.1) is 0 Å². The van der Waals surface area contributed by atoms with Crippen LogP contribution in [0.15, 0.2) is 28.7 Å². The van der Waals surface area contributed by atoms with Gasteiger partial charge in [0, 0.05) is 16.6 Å². The number of carbonyl (C=O) groups excluding carboxylic acids is 1. The van der Waals surface area contributed by atoms with Crippen LogP contribution in [0.3, 0.4) is 0 Å². The number of halogens is 3. The number of alkyl halides is 2. The number of aromatic nitrogens is 2. The third-order valence-corrected chi connectivity index (χ3v) is 4.60. The molecule has 0 saturated heterocycles. The van der Waals surface area contributed by atoms with Crippen molar-refractivity contribution >= 4 is 32.0 Å². The van der Waals surface area contributed by atoms with Crippen molar-refractivity contribution in [3.63, 3.8) is 0 Å². The Kier molecular flexibility index (Phi) is 8.11. The van der Waals surface area contributed by atoms with Crippen LogP contribution in [0.4, 0.5) is 8.78 Å². The highest BCUT2D eigenvalue weighted by Gasteiger charge is 2.20. The van der Waals surface area contributed by atoms with Gasteiger partial charge < -0.3 is 9.47 Å². The Bertz CT molecular complexity index is 965. The molecule has 12 heteroatoms. The number of nitrogens with zero attached hydrogens (tertiary/aromatic N) is 2. The van der Waals surface area contributed by atoms with Gasteiger partial charge in [0.05, 0.1) is 25.2 Å². The zero-order valence-corrected chi connectivity index (χ0v) is 18.0. The van der Waals surface area contributed by atoms with E-state index in [1.165, 1.54) is 22.9 Å². The molecule has 0 fully saturated rings. The Labute approximate surface area is 175 Å². The van der Waals surface area contributed by atoms with Crippen molar-refractivity contribution < 1.29 is 35.6 Å².